The zero-order valence-corrected chi connectivity index (χ0v) is 16.3. The summed E-state index contributed by atoms with van der Waals surface area (Å²) in [5.74, 6) is 0.442. The lowest BCUT2D eigenvalue weighted by Crippen LogP contribution is -2.22. The smallest absolute Gasteiger partial charge is 0.276 e. The molecule has 1 N–H and O–H groups in total. The van der Waals surface area contributed by atoms with Gasteiger partial charge in [-0.2, -0.15) is 0 Å². The summed E-state index contributed by atoms with van der Waals surface area (Å²) in [4.78, 5) is 20.4. The molecule has 0 saturated heterocycles. The maximum atomic E-state index is 12.4. The third-order valence-corrected chi connectivity index (χ3v) is 4.40. The summed E-state index contributed by atoms with van der Waals surface area (Å²) in [7, 11) is 5.90. The van der Waals surface area contributed by atoms with Crippen LogP contribution in [0.1, 0.15) is 16.1 Å². The molecule has 7 heteroatoms. The number of hydrogen-bond acceptors (Lipinski definition) is 6. The number of anilines is 3. The number of rotatable bonds is 7. The van der Waals surface area contributed by atoms with Crippen LogP contribution in [0.15, 0.2) is 60.9 Å². The monoisotopic (exact) mass is 376 g/mol. The van der Waals surface area contributed by atoms with E-state index in [0.29, 0.717) is 0 Å². The molecule has 0 bridgehead atoms. The first-order valence-electron chi connectivity index (χ1n) is 9.05. The maximum Gasteiger partial charge on any atom is 0.276 e. The summed E-state index contributed by atoms with van der Waals surface area (Å²) >= 11 is 0. The van der Waals surface area contributed by atoms with Crippen molar-refractivity contribution in [2.45, 2.75) is 6.42 Å². The number of nitrogens with one attached hydrogen (secondary N) is 1. The Hall–Kier alpha value is -3.48. The fourth-order valence-electron chi connectivity index (χ4n) is 2.65. The standard InChI is InChI=1S/C21H24N6O/c1-26(2)18-6-4-17(5-7-18)23-21(28)19-8-9-20(25-24-19)27(3)15-12-16-10-13-22-14-11-16/h4-11,13-14H,12,15H2,1-3H3,(H,23,28). The molecule has 3 rings (SSSR count). The van der Waals surface area contributed by atoms with Crippen molar-refractivity contribution in [3.8, 4) is 0 Å². The summed E-state index contributed by atoms with van der Waals surface area (Å²) < 4.78 is 0. The minimum Gasteiger partial charge on any atom is -0.378 e. The molecule has 3 aromatic rings. The van der Waals surface area contributed by atoms with Crippen molar-refractivity contribution in [2.75, 3.05) is 42.8 Å². The van der Waals surface area contributed by atoms with Crippen LogP contribution in [0.25, 0.3) is 0 Å². The highest BCUT2D eigenvalue weighted by molar-refractivity contribution is 6.02. The quantitative estimate of drug-likeness (QED) is 0.683. The molecule has 0 aliphatic heterocycles. The van der Waals surface area contributed by atoms with Crippen molar-refractivity contribution in [3.63, 3.8) is 0 Å². The number of amides is 1. The molecule has 2 heterocycles. The van der Waals surface area contributed by atoms with Crippen LogP contribution in [0.4, 0.5) is 17.2 Å². The van der Waals surface area contributed by atoms with Gasteiger partial charge in [-0.1, -0.05) is 0 Å². The predicted octanol–water partition coefficient (Wildman–Crippen LogP) is 2.87. The first-order valence-corrected chi connectivity index (χ1v) is 9.05. The Bertz CT molecular complexity index is 894. The molecule has 0 unspecified atom stereocenters. The normalized spacial score (nSPS) is 10.4. The van der Waals surface area contributed by atoms with Gasteiger partial charge in [0.2, 0.25) is 0 Å². The van der Waals surface area contributed by atoms with Gasteiger partial charge in [0.1, 0.15) is 0 Å². The highest BCUT2D eigenvalue weighted by Gasteiger charge is 2.10. The topological polar surface area (TPSA) is 74.2 Å². The van der Waals surface area contributed by atoms with E-state index < -0.39 is 0 Å². The van der Waals surface area contributed by atoms with E-state index in [-0.39, 0.29) is 11.6 Å². The van der Waals surface area contributed by atoms with Crippen LogP contribution in [0.5, 0.6) is 0 Å². The van der Waals surface area contributed by atoms with Crippen molar-refractivity contribution in [2.24, 2.45) is 0 Å². The molecule has 7 nitrogen and oxygen atoms in total. The van der Waals surface area contributed by atoms with E-state index in [2.05, 4.69) is 20.5 Å². The van der Waals surface area contributed by atoms with Gasteiger partial charge >= 0.3 is 0 Å². The minimum atomic E-state index is -0.281. The molecule has 0 atom stereocenters. The first-order chi connectivity index (χ1) is 13.5. The van der Waals surface area contributed by atoms with Crippen LogP contribution in [-0.2, 0) is 6.42 Å². The molecular weight excluding hydrogens is 352 g/mol. The summed E-state index contributed by atoms with van der Waals surface area (Å²) in [5.41, 5.74) is 3.28. The molecular formula is C21H24N6O. The lowest BCUT2D eigenvalue weighted by atomic mass is 10.2. The molecule has 0 aliphatic carbocycles. The minimum absolute atomic E-state index is 0.281. The summed E-state index contributed by atoms with van der Waals surface area (Å²) in [5, 5.41) is 11.1. The van der Waals surface area contributed by atoms with E-state index in [9.17, 15) is 4.79 Å². The zero-order chi connectivity index (χ0) is 19.9. The summed E-state index contributed by atoms with van der Waals surface area (Å²) in [6.45, 7) is 0.794. The predicted molar refractivity (Wildman–Crippen MR) is 112 cm³/mol. The molecule has 0 saturated carbocycles. The number of likely N-dealkylation sites (N-methyl/N-ethyl adjacent to an activating group) is 1. The lowest BCUT2D eigenvalue weighted by Gasteiger charge is -2.17. The summed E-state index contributed by atoms with van der Waals surface area (Å²) in [6.07, 6.45) is 4.46. The van der Waals surface area contributed by atoms with Crippen molar-refractivity contribution in [1.29, 1.82) is 0 Å². The van der Waals surface area contributed by atoms with Crippen molar-refractivity contribution in [3.05, 3.63) is 72.2 Å². The molecule has 0 aliphatic rings. The van der Waals surface area contributed by atoms with Crippen LogP contribution in [0.2, 0.25) is 0 Å². The fraction of sp³-hybridized carbons (Fsp3) is 0.238. The van der Waals surface area contributed by atoms with Gasteiger partial charge in [-0.15, -0.1) is 10.2 Å². The number of nitrogens with zero attached hydrogens (tertiary/aromatic N) is 5. The molecule has 0 radical (unpaired) electrons. The van der Waals surface area contributed by atoms with E-state index in [1.165, 1.54) is 5.56 Å². The summed E-state index contributed by atoms with van der Waals surface area (Å²) in [6, 6.07) is 15.1. The average Bonchev–Trinajstić information content (AvgIpc) is 2.73. The van der Waals surface area contributed by atoms with Crippen molar-refractivity contribution in [1.82, 2.24) is 15.2 Å². The van der Waals surface area contributed by atoms with Crippen molar-refractivity contribution >= 4 is 23.1 Å². The Morgan fingerprint density at radius 1 is 0.929 bits per heavy atom. The number of aromatic nitrogens is 3. The molecule has 0 spiro atoms. The van der Waals surface area contributed by atoms with Crippen molar-refractivity contribution < 1.29 is 4.79 Å². The Morgan fingerprint density at radius 2 is 1.64 bits per heavy atom. The third kappa shape index (κ3) is 5.03. The van der Waals surface area contributed by atoms with Crippen LogP contribution >= 0.6 is 0 Å². The van der Waals surface area contributed by atoms with Gasteiger partial charge in [-0.05, 0) is 60.5 Å². The molecule has 28 heavy (non-hydrogen) atoms. The Labute approximate surface area is 165 Å². The highest BCUT2D eigenvalue weighted by Crippen LogP contribution is 2.16. The molecule has 2 aromatic heterocycles. The highest BCUT2D eigenvalue weighted by atomic mass is 16.1. The van der Waals surface area contributed by atoms with Gasteiger partial charge in [0.25, 0.3) is 5.91 Å². The average molecular weight is 376 g/mol. The second-order valence-electron chi connectivity index (χ2n) is 6.70. The van der Waals surface area contributed by atoms with Crippen LogP contribution in [-0.4, -0.2) is 48.8 Å². The van der Waals surface area contributed by atoms with E-state index in [0.717, 1.165) is 30.2 Å². The Balaban J connectivity index is 1.57. The number of hydrogen-bond donors (Lipinski definition) is 1. The molecule has 0 fully saturated rings. The molecule has 144 valence electrons. The number of carbonyl (C=O) groups is 1. The van der Waals surface area contributed by atoms with Gasteiger partial charge in [0.15, 0.2) is 11.5 Å². The van der Waals surface area contributed by atoms with E-state index in [1.54, 1.807) is 18.5 Å². The van der Waals surface area contributed by atoms with Gasteiger partial charge in [0, 0.05) is 51.5 Å². The maximum absolute atomic E-state index is 12.4. The Kier molecular flexibility index (Phi) is 6.16. The van der Waals surface area contributed by atoms with Gasteiger partial charge in [-0.3, -0.25) is 9.78 Å². The van der Waals surface area contributed by atoms with Gasteiger partial charge in [0.05, 0.1) is 0 Å². The van der Waals surface area contributed by atoms with E-state index in [4.69, 9.17) is 0 Å². The SMILES string of the molecule is CN(C)c1ccc(NC(=O)c2ccc(N(C)CCc3ccncc3)nn2)cc1. The molecule has 1 aromatic carbocycles. The Morgan fingerprint density at radius 3 is 2.25 bits per heavy atom. The third-order valence-electron chi connectivity index (χ3n) is 4.40. The van der Waals surface area contributed by atoms with E-state index in [1.807, 2.05) is 73.4 Å². The first kappa shape index (κ1) is 19.3. The number of carbonyl (C=O) groups excluding carboxylic acids is 1. The largest absolute Gasteiger partial charge is 0.378 e. The number of benzene rings is 1. The second-order valence-corrected chi connectivity index (χ2v) is 6.70. The molecule has 1 amide bonds. The lowest BCUT2D eigenvalue weighted by molar-refractivity contribution is 0.102. The van der Waals surface area contributed by atoms with Gasteiger partial charge in [-0.25, -0.2) is 0 Å². The van der Waals surface area contributed by atoms with Crippen LogP contribution in [0.3, 0.4) is 0 Å². The zero-order valence-electron chi connectivity index (χ0n) is 16.3. The van der Waals surface area contributed by atoms with Crippen LogP contribution in [0, 0.1) is 0 Å². The van der Waals surface area contributed by atoms with Gasteiger partial charge < -0.3 is 15.1 Å². The van der Waals surface area contributed by atoms with E-state index >= 15 is 0 Å². The fourth-order valence-corrected chi connectivity index (χ4v) is 2.65. The van der Waals surface area contributed by atoms with Crippen LogP contribution < -0.4 is 15.1 Å². The number of pyridine rings is 1. The second kappa shape index (κ2) is 8.94.